The summed E-state index contributed by atoms with van der Waals surface area (Å²) >= 11 is 0. The molecule has 0 saturated heterocycles. The van der Waals surface area contributed by atoms with Crippen molar-refractivity contribution in [2.75, 3.05) is 0 Å². The molecule has 0 heterocycles. The van der Waals surface area contributed by atoms with Gasteiger partial charge in [0.2, 0.25) is 0 Å². The zero-order chi connectivity index (χ0) is 12.3. The van der Waals surface area contributed by atoms with E-state index >= 15 is 0 Å². The molecular weight excluding hydrogens is 271 g/mol. The van der Waals surface area contributed by atoms with Crippen LogP contribution in [-0.4, -0.2) is 66.4 Å². The van der Waals surface area contributed by atoms with Crippen LogP contribution in [0.2, 0.25) is 0 Å². The van der Waals surface area contributed by atoms with E-state index in [9.17, 15) is 16.8 Å². The molecule has 0 aliphatic rings. The molecular formula is C6H15NaO7S2. The molecule has 2 unspecified atom stereocenters. The summed E-state index contributed by atoms with van der Waals surface area (Å²) in [7, 11) is -8.96. The van der Waals surface area contributed by atoms with Crippen LogP contribution < -0.4 is 0 Å². The van der Waals surface area contributed by atoms with Crippen molar-refractivity contribution in [3.05, 3.63) is 0 Å². The molecule has 0 aliphatic carbocycles. The van der Waals surface area contributed by atoms with Crippen LogP contribution in [0.15, 0.2) is 0 Å². The minimum atomic E-state index is -4.48. The van der Waals surface area contributed by atoms with Crippen molar-refractivity contribution in [2.45, 2.75) is 37.6 Å². The average Bonchev–Trinajstić information content (AvgIpc) is 2.01. The first-order valence-corrected chi connectivity index (χ1v) is 7.21. The summed E-state index contributed by atoms with van der Waals surface area (Å²) in [5.74, 6) is 0. The van der Waals surface area contributed by atoms with Crippen LogP contribution in [0.4, 0.5) is 0 Å². The Kier molecular flexibility index (Phi) is 8.69. The Hall–Kier alpha value is 0.780. The van der Waals surface area contributed by atoms with E-state index in [0.717, 1.165) is 0 Å². The fraction of sp³-hybridized carbons (Fsp3) is 1.00. The van der Waals surface area contributed by atoms with E-state index in [0.29, 0.717) is 0 Å². The first-order valence-electron chi connectivity index (χ1n) is 4.21. The van der Waals surface area contributed by atoms with E-state index in [1.807, 2.05) is 0 Å². The summed E-state index contributed by atoms with van der Waals surface area (Å²) in [5.41, 5.74) is -3.30. The van der Waals surface area contributed by atoms with Gasteiger partial charge < -0.3 is 4.74 Å². The van der Waals surface area contributed by atoms with Gasteiger partial charge in [-0.2, -0.15) is 16.8 Å². The second-order valence-electron chi connectivity index (χ2n) is 2.84. The summed E-state index contributed by atoms with van der Waals surface area (Å²) in [5, 5.41) is 0. The maximum atomic E-state index is 10.7. The van der Waals surface area contributed by atoms with Crippen molar-refractivity contribution in [1.29, 1.82) is 0 Å². The summed E-state index contributed by atoms with van der Waals surface area (Å²) in [4.78, 5) is 0. The second-order valence-corrected chi connectivity index (χ2v) is 5.95. The van der Waals surface area contributed by atoms with E-state index in [1.165, 1.54) is 13.8 Å². The summed E-state index contributed by atoms with van der Waals surface area (Å²) in [6, 6.07) is 0. The summed E-state index contributed by atoms with van der Waals surface area (Å²) in [6.07, 6.45) is -0.240. The molecule has 0 fully saturated rings. The monoisotopic (exact) mass is 286 g/mol. The zero-order valence-corrected chi connectivity index (χ0v) is 9.95. The van der Waals surface area contributed by atoms with E-state index in [-0.39, 0.29) is 42.4 Å². The van der Waals surface area contributed by atoms with Crippen molar-refractivity contribution in [3.63, 3.8) is 0 Å². The fourth-order valence-corrected chi connectivity index (χ4v) is 2.39. The van der Waals surface area contributed by atoms with Gasteiger partial charge >= 0.3 is 29.6 Å². The zero-order valence-electron chi connectivity index (χ0n) is 8.32. The summed E-state index contributed by atoms with van der Waals surface area (Å²) in [6.45, 7) is 2.80. The van der Waals surface area contributed by atoms with Crippen LogP contribution in [0.25, 0.3) is 0 Å². The molecule has 10 heteroatoms. The van der Waals surface area contributed by atoms with Crippen molar-refractivity contribution < 1.29 is 30.7 Å². The topological polar surface area (TPSA) is 118 Å². The van der Waals surface area contributed by atoms with Gasteiger partial charge in [-0.25, -0.2) is 0 Å². The van der Waals surface area contributed by atoms with Gasteiger partial charge in [-0.15, -0.1) is 0 Å². The normalized spacial score (nSPS) is 16.2. The van der Waals surface area contributed by atoms with Gasteiger partial charge in [0.15, 0.2) is 10.9 Å². The molecule has 7 nitrogen and oxygen atoms in total. The molecule has 0 aromatic carbocycles. The molecule has 0 amide bonds. The molecule has 2 atom stereocenters. The molecule has 0 aromatic heterocycles. The Balaban J connectivity index is 0. The number of ether oxygens (including phenoxy) is 1. The SMILES string of the molecule is CCC(OC(CC)S(=O)(=O)O)S(=O)(=O)O.[NaH]. The third-order valence-corrected chi connectivity index (χ3v) is 3.85. The number of hydrogen-bond donors (Lipinski definition) is 2. The molecule has 0 aromatic rings. The van der Waals surface area contributed by atoms with Gasteiger partial charge in [0.05, 0.1) is 0 Å². The molecule has 94 valence electrons. The molecule has 16 heavy (non-hydrogen) atoms. The third kappa shape index (κ3) is 6.50. The Morgan fingerprint density at radius 1 is 0.938 bits per heavy atom. The molecule has 0 saturated carbocycles. The van der Waals surface area contributed by atoms with E-state index < -0.39 is 31.1 Å². The predicted molar refractivity (Wildman–Crippen MR) is 59.5 cm³/mol. The Morgan fingerprint density at radius 2 is 1.19 bits per heavy atom. The van der Waals surface area contributed by atoms with Gasteiger partial charge in [-0.1, -0.05) is 13.8 Å². The average molecular weight is 286 g/mol. The third-order valence-electron chi connectivity index (χ3n) is 1.63. The molecule has 0 spiro atoms. The molecule has 2 N–H and O–H groups in total. The Morgan fingerprint density at radius 3 is 1.31 bits per heavy atom. The van der Waals surface area contributed by atoms with Gasteiger partial charge in [0.25, 0.3) is 20.2 Å². The van der Waals surface area contributed by atoms with Gasteiger partial charge in [0.1, 0.15) is 0 Å². The predicted octanol–water partition coefficient (Wildman–Crippen LogP) is -0.398. The van der Waals surface area contributed by atoms with Crippen LogP contribution in [-0.2, 0) is 25.0 Å². The minimum absolute atomic E-state index is 0. The van der Waals surface area contributed by atoms with Crippen LogP contribution in [0.5, 0.6) is 0 Å². The van der Waals surface area contributed by atoms with Crippen LogP contribution in [0.1, 0.15) is 26.7 Å². The van der Waals surface area contributed by atoms with E-state index in [4.69, 9.17) is 9.11 Å². The van der Waals surface area contributed by atoms with Crippen LogP contribution in [0, 0.1) is 0 Å². The second kappa shape index (κ2) is 7.27. The molecule has 0 radical (unpaired) electrons. The van der Waals surface area contributed by atoms with Gasteiger partial charge in [-0.05, 0) is 12.8 Å². The first kappa shape index (κ1) is 19.1. The van der Waals surface area contributed by atoms with E-state index in [1.54, 1.807) is 0 Å². The molecule has 0 bridgehead atoms. The summed E-state index contributed by atoms with van der Waals surface area (Å²) < 4.78 is 64.7. The van der Waals surface area contributed by atoms with Crippen LogP contribution >= 0.6 is 0 Å². The fourth-order valence-electron chi connectivity index (χ4n) is 0.923. The van der Waals surface area contributed by atoms with Crippen molar-refractivity contribution in [2.24, 2.45) is 0 Å². The van der Waals surface area contributed by atoms with Gasteiger partial charge in [0, 0.05) is 0 Å². The first-order chi connectivity index (χ1) is 6.62. The Labute approximate surface area is 117 Å². The van der Waals surface area contributed by atoms with Gasteiger partial charge in [-0.3, -0.25) is 9.11 Å². The van der Waals surface area contributed by atoms with Crippen LogP contribution in [0.3, 0.4) is 0 Å². The van der Waals surface area contributed by atoms with E-state index in [2.05, 4.69) is 4.74 Å². The maximum absolute atomic E-state index is 10.7. The number of rotatable bonds is 6. The van der Waals surface area contributed by atoms with Crippen molar-refractivity contribution >= 4 is 49.8 Å². The standard InChI is InChI=1S/C6H14O7S2.Na.H/c1-3-5(14(7,8)9)13-6(4-2)15(10,11)12;;/h5-6H,3-4H2,1-2H3,(H,7,8,9)(H,10,11,12);;. The molecule has 0 aliphatic heterocycles. The quantitative estimate of drug-likeness (QED) is 0.504. The number of hydrogen-bond acceptors (Lipinski definition) is 5. The molecule has 0 rings (SSSR count). The Bertz CT molecular complexity index is 349. The van der Waals surface area contributed by atoms with Crippen molar-refractivity contribution in [1.82, 2.24) is 0 Å². The van der Waals surface area contributed by atoms with Crippen molar-refractivity contribution in [3.8, 4) is 0 Å².